The van der Waals surface area contributed by atoms with Crippen molar-refractivity contribution in [1.29, 1.82) is 0 Å². The molecule has 2 fully saturated rings. The maximum Gasteiger partial charge on any atom is 0.251 e. The number of amides is 1. The van der Waals surface area contributed by atoms with E-state index in [4.69, 9.17) is 9.47 Å². The van der Waals surface area contributed by atoms with Crippen molar-refractivity contribution in [1.82, 2.24) is 9.62 Å². The summed E-state index contributed by atoms with van der Waals surface area (Å²) in [4.78, 5) is 12.5. The molecule has 1 aliphatic carbocycles. The van der Waals surface area contributed by atoms with E-state index in [1.54, 1.807) is 12.1 Å². The van der Waals surface area contributed by atoms with Crippen LogP contribution in [0.25, 0.3) is 0 Å². The number of sulfonamides is 1. The zero-order valence-corrected chi connectivity index (χ0v) is 15.8. The van der Waals surface area contributed by atoms with E-state index in [0.29, 0.717) is 25.4 Å². The summed E-state index contributed by atoms with van der Waals surface area (Å²) in [5, 5.41) is 2.98. The summed E-state index contributed by atoms with van der Waals surface area (Å²) in [6.07, 6.45) is 3.93. The quantitative estimate of drug-likeness (QED) is 0.804. The molecule has 1 amide bonds. The van der Waals surface area contributed by atoms with Crippen LogP contribution in [0.2, 0.25) is 0 Å². The van der Waals surface area contributed by atoms with Gasteiger partial charge >= 0.3 is 0 Å². The van der Waals surface area contributed by atoms with Gasteiger partial charge in [-0.15, -0.1) is 0 Å². The molecule has 1 saturated heterocycles. The minimum absolute atomic E-state index is 0.107. The number of carbonyl (C=O) groups is 1. The lowest BCUT2D eigenvalue weighted by molar-refractivity contribution is -0.0909. The summed E-state index contributed by atoms with van der Waals surface area (Å²) in [7, 11) is -2.19. The van der Waals surface area contributed by atoms with Crippen LogP contribution in [0.15, 0.2) is 29.2 Å². The molecular weight excluding hydrogens is 356 g/mol. The van der Waals surface area contributed by atoms with E-state index in [-0.39, 0.29) is 29.5 Å². The van der Waals surface area contributed by atoms with Crippen molar-refractivity contribution in [3.8, 4) is 0 Å². The molecule has 0 radical (unpaired) electrons. The first-order valence-corrected chi connectivity index (χ1v) is 10.5. The molecule has 1 saturated carbocycles. The van der Waals surface area contributed by atoms with E-state index in [1.165, 1.54) is 23.5 Å². The van der Waals surface area contributed by atoms with Crippen LogP contribution in [-0.2, 0) is 19.5 Å². The summed E-state index contributed by atoms with van der Waals surface area (Å²) in [6, 6.07) is 6.38. The fraction of sp³-hybridized carbons (Fsp3) is 0.611. The second-order valence-electron chi connectivity index (χ2n) is 6.84. The fourth-order valence-corrected chi connectivity index (χ4v) is 4.59. The largest absolute Gasteiger partial charge is 0.376 e. The number of carbonyl (C=O) groups excluding carboxylic acids is 1. The van der Waals surface area contributed by atoms with Crippen LogP contribution in [-0.4, -0.2) is 64.2 Å². The normalized spacial score (nSPS) is 21.8. The van der Waals surface area contributed by atoms with Gasteiger partial charge in [0, 0.05) is 25.2 Å². The minimum Gasteiger partial charge on any atom is -0.376 e. The molecule has 0 aromatic heterocycles. The molecular formula is C18H26N2O5S. The Morgan fingerprint density at radius 3 is 2.73 bits per heavy atom. The van der Waals surface area contributed by atoms with Gasteiger partial charge in [0.25, 0.3) is 5.91 Å². The summed E-state index contributed by atoms with van der Waals surface area (Å²) in [6.45, 7) is 1.59. The molecule has 1 atom stereocenters. The van der Waals surface area contributed by atoms with Crippen molar-refractivity contribution >= 4 is 15.9 Å². The Balaban J connectivity index is 1.69. The summed E-state index contributed by atoms with van der Waals surface area (Å²) in [5.74, 6) is -0.222. The Bertz CT molecular complexity index is 725. The number of likely N-dealkylation sites (N-methyl/N-ethyl adjacent to an activating group) is 1. The van der Waals surface area contributed by atoms with Crippen LogP contribution in [0.5, 0.6) is 0 Å². The molecule has 1 N–H and O–H groups in total. The zero-order valence-electron chi connectivity index (χ0n) is 15.0. The van der Waals surface area contributed by atoms with Crippen LogP contribution in [0, 0.1) is 0 Å². The Morgan fingerprint density at radius 1 is 1.27 bits per heavy atom. The van der Waals surface area contributed by atoms with Gasteiger partial charge < -0.3 is 14.8 Å². The standard InChI is InChI=1S/C18H26N2O5S/c1-20(12-16-13-24-9-10-25-16)26(22,23)17-8-4-5-14(11-17)18(21)19-15-6-2-3-7-15/h4-5,8,11,15-16H,2-3,6-7,9-10,12-13H2,1H3,(H,19,21)/t16-/m1/s1. The van der Waals surface area contributed by atoms with Crippen LogP contribution in [0.3, 0.4) is 0 Å². The average Bonchev–Trinajstić information content (AvgIpc) is 3.15. The van der Waals surface area contributed by atoms with Gasteiger partial charge in [-0.3, -0.25) is 4.79 Å². The van der Waals surface area contributed by atoms with E-state index in [1.807, 2.05) is 0 Å². The molecule has 0 spiro atoms. The highest BCUT2D eigenvalue weighted by Gasteiger charge is 2.26. The first-order chi connectivity index (χ1) is 12.5. The predicted molar refractivity (Wildman–Crippen MR) is 96.5 cm³/mol. The number of ether oxygens (including phenoxy) is 2. The van der Waals surface area contributed by atoms with Gasteiger partial charge in [0.2, 0.25) is 10.0 Å². The highest BCUT2D eigenvalue weighted by molar-refractivity contribution is 7.89. The van der Waals surface area contributed by atoms with Crippen molar-refractivity contribution in [2.45, 2.75) is 42.7 Å². The molecule has 1 heterocycles. The van der Waals surface area contributed by atoms with Crippen molar-refractivity contribution in [3.63, 3.8) is 0 Å². The van der Waals surface area contributed by atoms with Gasteiger partial charge in [0.1, 0.15) is 0 Å². The van der Waals surface area contributed by atoms with E-state index >= 15 is 0 Å². The SMILES string of the molecule is CN(C[C@@H]1COCCO1)S(=O)(=O)c1cccc(C(=O)NC2CCCC2)c1. The molecule has 26 heavy (non-hydrogen) atoms. The lowest BCUT2D eigenvalue weighted by atomic mass is 10.2. The molecule has 1 aliphatic heterocycles. The van der Waals surface area contributed by atoms with Crippen LogP contribution in [0.4, 0.5) is 0 Å². The van der Waals surface area contributed by atoms with E-state index in [0.717, 1.165) is 25.7 Å². The second-order valence-corrected chi connectivity index (χ2v) is 8.88. The highest BCUT2D eigenvalue weighted by Crippen LogP contribution is 2.20. The smallest absolute Gasteiger partial charge is 0.251 e. The topological polar surface area (TPSA) is 84.9 Å². The molecule has 0 bridgehead atoms. The van der Waals surface area contributed by atoms with Gasteiger partial charge in [-0.25, -0.2) is 8.42 Å². The van der Waals surface area contributed by atoms with Crippen molar-refractivity contribution in [2.24, 2.45) is 0 Å². The Hall–Kier alpha value is -1.48. The Kier molecular flexibility index (Phi) is 6.29. The predicted octanol–water partition coefficient (Wildman–Crippen LogP) is 1.39. The van der Waals surface area contributed by atoms with Gasteiger partial charge in [-0.05, 0) is 31.0 Å². The Labute approximate surface area is 154 Å². The average molecular weight is 382 g/mol. The molecule has 1 aromatic carbocycles. The van der Waals surface area contributed by atoms with Crippen LogP contribution < -0.4 is 5.32 Å². The van der Waals surface area contributed by atoms with Crippen molar-refractivity contribution in [2.75, 3.05) is 33.4 Å². The first-order valence-electron chi connectivity index (χ1n) is 9.03. The van der Waals surface area contributed by atoms with E-state index in [9.17, 15) is 13.2 Å². The first kappa shape index (κ1) is 19.3. The second kappa shape index (κ2) is 8.47. The van der Waals surface area contributed by atoms with Crippen LogP contribution >= 0.6 is 0 Å². The van der Waals surface area contributed by atoms with E-state index < -0.39 is 10.0 Å². The monoisotopic (exact) mass is 382 g/mol. The highest BCUT2D eigenvalue weighted by atomic mass is 32.2. The number of nitrogens with one attached hydrogen (secondary N) is 1. The number of nitrogens with zero attached hydrogens (tertiary/aromatic N) is 1. The van der Waals surface area contributed by atoms with Gasteiger partial charge in [-0.1, -0.05) is 18.9 Å². The third kappa shape index (κ3) is 4.62. The van der Waals surface area contributed by atoms with Gasteiger partial charge in [0.15, 0.2) is 0 Å². The minimum atomic E-state index is -3.70. The third-order valence-corrected chi connectivity index (χ3v) is 6.66. The third-order valence-electron chi connectivity index (χ3n) is 4.84. The van der Waals surface area contributed by atoms with E-state index in [2.05, 4.69) is 5.32 Å². The maximum absolute atomic E-state index is 12.8. The molecule has 8 heteroatoms. The van der Waals surface area contributed by atoms with Crippen molar-refractivity contribution < 1.29 is 22.7 Å². The summed E-state index contributed by atoms with van der Waals surface area (Å²) >= 11 is 0. The zero-order chi connectivity index (χ0) is 18.6. The molecule has 0 unspecified atom stereocenters. The molecule has 2 aliphatic rings. The molecule has 144 valence electrons. The molecule has 3 rings (SSSR count). The summed E-state index contributed by atoms with van der Waals surface area (Å²) < 4.78 is 37.7. The maximum atomic E-state index is 12.8. The number of benzene rings is 1. The molecule has 1 aromatic rings. The number of rotatable bonds is 6. The van der Waals surface area contributed by atoms with Gasteiger partial charge in [0.05, 0.1) is 30.8 Å². The number of hydrogen-bond donors (Lipinski definition) is 1. The number of hydrogen-bond acceptors (Lipinski definition) is 5. The fourth-order valence-electron chi connectivity index (χ4n) is 3.34. The molecule has 7 nitrogen and oxygen atoms in total. The Morgan fingerprint density at radius 2 is 2.04 bits per heavy atom. The van der Waals surface area contributed by atoms with Gasteiger partial charge in [-0.2, -0.15) is 4.31 Å². The lowest BCUT2D eigenvalue weighted by Crippen LogP contribution is -2.40. The summed E-state index contributed by atoms with van der Waals surface area (Å²) in [5.41, 5.74) is 0.364. The van der Waals surface area contributed by atoms with Crippen LogP contribution in [0.1, 0.15) is 36.0 Å². The lowest BCUT2D eigenvalue weighted by Gasteiger charge is -2.27. The van der Waals surface area contributed by atoms with Crippen molar-refractivity contribution in [3.05, 3.63) is 29.8 Å².